The fraction of sp³-hybridized carbons (Fsp3) is 0.722. The second-order valence-corrected chi connectivity index (χ2v) is 8.06. The van der Waals surface area contributed by atoms with Crippen LogP contribution in [0.5, 0.6) is 0 Å². The first-order chi connectivity index (χ1) is 11.0. The highest BCUT2D eigenvalue weighted by Gasteiger charge is 2.65. The van der Waals surface area contributed by atoms with Gasteiger partial charge in [-0.15, -0.1) is 0 Å². The molecule has 5 nitrogen and oxygen atoms in total. The van der Waals surface area contributed by atoms with E-state index in [9.17, 15) is 9.59 Å². The molecule has 2 atom stereocenters. The Bertz CT molecular complexity index is 644. The van der Waals surface area contributed by atoms with Crippen LogP contribution in [0.3, 0.4) is 0 Å². The minimum Gasteiger partial charge on any atom is -0.337 e. The summed E-state index contributed by atoms with van der Waals surface area (Å²) >= 11 is 0. The first-order valence-corrected chi connectivity index (χ1v) is 8.86. The summed E-state index contributed by atoms with van der Waals surface area (Å²) in [4.78, 5) is 26.7. The van der Waals surface area contributed by atoms with Crippen molar-refractivity contribution in [2.75, 3.05) is 13.1 Å². The van der Waals surface area contributed by atoms with Crippen LogP contribution in [0.25, 0.3) is 0 Å². The Labute approximate surface area is 136 Å². The van der Waals surface area contributed by atoms with E-state index < -0.39 is 0 Å². The molecule has 1 spiro atoms. The molecule has 0 aromatic carbocycles. The number of carbonyl (C=O) groups excluding carboxylic acids is 2. The monoisotopic (exact) mass is 315 g/mol. The molecule has 1 aliphatic heterocycles. The summed E-state index contributed by atoms with van der Waals surface area (Å²) < 4.78 is 0. The quantitative estimate of drug-likeness (QED) is 0.908. The Balaban J connectivity index is 1.32. The van der Waals surface area contributed by atoms with Gasteiger partial charge in [-0.25, -0.2) is 0 Å². The van der Waals surface area contributed by atoms with Crippen molar-refractivity contribution in [3.8, 4) is 0 Å². The van der Waals surface area contributed by atoms with E-state index in [4.69, 9.17) is 0 Å². The highest BCUT2D eigenvalue weighted by atomic mass is 16.2. The number of Topliss-reactive ketones (excluding diaryl/α,β-unsaturated/α-hetero) is 1. The third-order valence-electron chi connectivity index (χ3n) is 5.97. The van der Waals surface area contributed by atoms with Gasteiger partial charge in [-0.3, -0.25) is 14.7 Å². The molecule has 23 heavy (non-hydrogen) atoms. The van der Waals surface area contributed by atoms with E-state index >= 15 is 0 Å². The zero-order valence-electron chi connectivity index (χ0n) is 14.0. The molecule has 1 aromatic rings. The van der Waals surface area contributed by atoms with Crippen molar-refractivity contribution < 1.29 is 9.59 Å². The molecule has 2 saturated carbocycles. The third-order valence-corrected chi connectivity index (χ3v) is 5.97. The zero-order chi connectivity index (χ0) is 16.2. The number of ketones is 1. The van der Waals surface area contributed by atoms with Crippen molar-refractivity contribution in [2.45, 2.75) is 51.9 Å². The Morgan fingerprint density at radius 3 is 2.83 bits per heavy atom. The van der Waals surface area contributed by atoms with E-state index in [0.29, 0.717) is 47.6 Å². The van der Waals surface area contributed by atoms with Gasteiger partial charge in [-0.2, -0.15) is 5.10 Å². The van der Waals surface area contributed by atoms with Crippen molar-refractivity contribution in [1.82, 2.24) is 15.1 Å². The SMILES string of the molecule is CC(C)c1cc(C(=O)N2CC[C@@H](CC(=O)C3CC34CC4)C2)n[nH]1. The molecule has 2 heterocycles. The third kappa shape index (κ3) is 2.70. The summed E-state index contributed by atoms with van der Waals surface area (Å²) in [6.45, 7) is 5.60. The normalized spacial score (nSPS) is 27.7. The molecule has 1 aromatic heterocycles. The maximum absolute atomic E-state index is 12.5. The average molecular weight is 315 g/mol. The number of nitrogens with one attached hydrogen (secondary N) is 1. The van der Waals surface area contributed by atoms with E-state index in [1.54, 1.807) is 0 Å². The van der Waals surface area contributed by atoms with Gasteiger partial charge in [-0.05, 0) is 49.0 Å². The van der Waals surface area contributed by atoms with Crippen LogP contribution in [-0.4, -0.2) is 39.9 Å². The molecule has 5 heteroatoms. The van der Waals surface area contributed by atoms with Crippen molar-refractivity contribution in [3.05, 3.63) is 17.5 Å². The zero-order valence-corrected chi connectivity index (χ0v) is 14.0. The molecule has 0 radical (unpaired) electrons. The van der Waals surface area contributed by atoms with E-state index in [2.05, 4.69) is 24.0 Å². The van der Waals surface area contributed by atoms with E-state index in [1.807, 2.05) is 11.0 Å². The van der Waals surface area contributed by atoms with Crippen molar-refractivity contribution in [2.24, 2.45) is 17.3 Å². The van der Waals surface area contributed by atoms with E-state index in [0.717, 1.165) is 25.1 Å². The smallest absolute Gasteiger partial charge is 0.274 e. The number of nitrogens with zero attached hydrogens (tertiary/aromatic N) is 2. The van der Waals surface area contributed by atoms with Gasteiger partial charge >= 0.3 is 0 Å². The van der Waals surface area contributed by atoms with Crippen molar-refractivity contribution in [1.29, 1.82) is 0 Å². The number of aromatic amines is 1. The first kappa shape index (κ1) is 14.9. The number of hydrogen-bond acceptors (Lipinski definition) is 3. The molecule has 1 N–H and O–H groups in total. The summed E-state index contributed by atoms with van der Waals surface area (Å²) in [6, 6.07) is 1.85. The summed E-state index contributed by atoms with van der Waals surface area (Å²) in [5.41, 5.74) is 1.94. The maximum Gasteiger partial charge on any atom is 0.274 e. The number of carbonyl (C=O) groups is 2. The maximum atomic E-state index is 12.5. The Kier molecular flexibility index (Phi) is 3.36. The molecule has 4 rings (SSSR count). The fourth-order valence-corrected chi connectivity index (χ4v) is 4.03. The Morgan fingerprint density at radius 1 is 1.43 bits per heavy atom. The Morgan fingerprint density at radius 2 is 2.22 bits per heavy atom. The summed E-state index contributed by atoms with van der Waals surface area (Å²) in [6.07, 6.45) is 5.26. The van der Waals surface area contributed by atoms with Crippen LogP contribution >= 0.6 is 0 Å². The minimum absolute atomic E-state index is 0.00631. The number of likely N-dealkylation sites (tertiary alicyclic amines) is 1. The van der Waals surface area contributed by atoms with Crippen molar-refractivity contribution in [3.63, 3.8) is 0 Å². The molecule has 2 aliphatic carbocycles. The fourth-order valence-electron chi connectivity index (χ4n) is 4.03. The topological polar surface area (TPSA) is 66.1 Å². The van der Waals surface area contributed by atoms with Crippen LogP contribution in [0.4, 0.5) is 0 Å². The van der Waals surface area contributed by atoms with Crippen LogP contribution in [0, 0.1) is 17.3 Å². The van der Waals surface area contributed by atoms with Gasteiger partial charge in [0, 0.05) is 31.1 Å². The lowest BCUT2D eigenvalue weighted by Crippen LogP contribution is -2.29. The molecule has 0 bridgehead atoms. The molecule has 1 saturated heterocycles. The minimum atomic E-state index is -0.00631. The van der Waals surface area contributed by atoms with Gasteiger partial charge in [0.2, 0.25) is 0 Å². The molecule has 1 unspecified atom stereocenters. The van der Waals surface area contributed by atoms with Crippen LogP contribution < -0.4 is 0 Å². The molecule has 3 fully saturated rings. The summed E-state index contributed by atoms with van der Waals surface area (Å²) in [5.74, 6) is 1.47. The van der Waals surface area contributed by atoms with Gasteiger partial charge in [0.15, 0.2) is 0 Å². The van der Waals surface area contributed by atoms with E-state index in [1.165, 1.54) is 12.8 Å². The second kappa shape index (κ2) is 5.18. The first-order valence-electron chi connectivity index (χ1n) is 8.86. The number of hydrogen-bond donors (Lipinski definition) is 1. The van der Waals surface area contributed by atoms with Gasteiger partial charge in [-0.1, -0.05) is 13.8 Å². The number of aromatic nitrogens is 2. The van der Waals surface area contributed by atoms with Crippen LogP contribution in [-0.2, 0) is 4.79 Å². The van der Waals surface area contributed by atoms with Crippen molar-refractivity contribution >= 4 is 11.7 Å². The lowest BCUT2D eigenvalue weighted by atomic mass is 9.98. The molecular weight excluding hydrogens is 290 g/mol. The van der Waals surface area contributed by atoms with Crippen LogP contribution in [0.1, 0.15) is 68.1 Å². The number of H-pyrrole nitrogens is 1. The van der Waals surface area contributed by atoms with Gasteiger partial charge in [0.1, 0.15) is 11.5 Å². The van der Waals surface area contributed by atoms with E-state index in [-0.39, 0.29) is 5.91 Å². The largest absolute Gasteiger partial charge is 0.337 e. The van der Waals surface area contributed by atoms with Gasteiger partial charge in [0.05, 0.1) is 0 Å². The Hall–Kier alpha value is -1.65. The average Bonchev–Trinajstić information content (AvgIpc) is 3.30. The molecule has 1 amide bonds. The highest BCUT2D eigenvalue weighted by Crippen LogP contribution is 2.71. The highest BCUT2D eigenvalue weighted by molar-refractivity contribution is 5.92. The lowest BCUT2D eigenvalue weighted by Gasteiger charge is -2.15. The molecule has 3 aliphatic rings. The van der Waals surface area contributed by atoms with Crippen LogP contribution in [0.15, 0.2) is 6.07 Å². The van der Waals surface area contributed by atoms with Crippen LogP contribution in [0.2, 0.25) is 0 Å². The predicted octanol–water partition coefficient (Wildman–Crippen LogP) is 2.75. The summed E-state index contributed by atoms with van der Waals surface area (Å²) in [7, 11) is 0. The number of rotatable bonds is 5. The predicted molar refractivity (Wildman–Crippen MR) is 86.1 cm³/mol. The van der Waals surface area contributed by atoms with Gasteiger partial charge < -0.3 is 4.90 Å². The molecule has 124 valence electrons. The summed E-state index contributed by atoms with van der Waals surface area (Å²) in [5, 5.41) is 7.09. The molecular formula is C18H25N3O2. The second-order valence-electron chi connectivity index (χ2n) is 8.06. The van der Waals surface area contributed by atoms with Gasteiger partial charge in [0.25, 0.3) is 5.91 Å². The lowest BCUT2D eigenvalue weighted by molar-refractivity contribution is -0.121. The standard InChI is InChI=1S/C18H25N3O2/c1-11(2)14-8-15(20-19-14)17(23)21-6-3-12(10-21)7-16(22)13-9-18(13)4-5-18/h8,11-13H,3-7,9-10H2,1-2H3,(H,19,20)/t12-,13?/m0/s1. The number of amides is 1.